The van der Waals surface area contributed by atoms with Crippen molar-refractivity contribution in [2.24, 2.45) is 0 Å². The van der Waals surface area contributed by atoms with Gasteiger partial charge in [-0.2, -0.15) is 0 Å². The number of hydrogen-bond acceptors (Lipinski definition) is 4. The molecule has 1 aromatic heterocycles. The van der Waals surface area contributed by atoms with Gasteiger partial charge in [-0.1, -0.05) is 24.3 Å². The molecule has 0 unspecified atom stereocenters. The molecule has 5 nitrogen and oxygen atoms in total. The zero-order valence-electron chi connectivity index (χ0n) is 15.3. The van der Waals surface area contributed by atoms with Gasteiger partial charge in [0.1, 0.15) is 17.7 Å². The van der Waals surface area contributed by atoms with Crippen LogP contribution in [0.5, 0.6) is 11.5 Å². The molecule has 0 saturated carbocycles. The van der Waals surface area contributed by atoms with E-state index < -0.39 is 0 Å². The number of ether oxygens (including phenoxy) is 3. The smallest absolute Gasteiger partial charge is 0.132 e. The van der Waals surface area contributed by atoms with Gasteiger partial charge in [0.2, 0.25) is 0 Å². The van der Waals surface area contributed by atoms with Crippen LogP contribution in [-0.4, -0.2) is 23.8 Å². The van der Waals surface area contributed by atoms with Crippen molar-refractivity contribution in [2.75, 3.05) is 14.2 Å². The zero-order chi connectivity index (χ0) is 18.4. The Morgan fingerprint density at radius 1 is 0.923 bits per heavy atom. The van der Waals surface area contributed by atoms with E-state index >= 15 is 0 Å². The lowest BCUT2D eigenvalue weighted by atomic mass is 10.0. The Morgan fingerprint density at radius 3 is 2.08 bits per heavy atom. The van der Waals surface area contributed by atoms with Crippen molar-refractivity contribution < 1.29 is 14.2 Å². The second-order valence-electron chi connectivity index (χ2n) is 6.06. The number of benzene rings is 2. The van der Waals surface area contributed by atoms with E-state index in [0.717, 1.165) is 23.5 Å². The second kappa shape index (κ2) is 8.54. The van der Waals surface area contributed by atoms with Gasteiger partial charge in [-0.05, 0) is 42.3 Å². The molecule has 0 aliphatic heterocycles. The Hall–Kier alpha value is -2.79. The van der Waals surface area contributed by atoms with Gasteiger partial charge in [0, 0.05) is 18.8 Å². The number of aromatic nitrogens is 2. The molecule has 136 valence electrons. The van der Waals surface area contributed by atoms with Gasteiger partial charge in [0.15, 0.2) is 0 Å². The minimum Gasteiger partial charge on any atom is -0.497 e. The Kier molecular flexibility index (Phi) is 5.92. The maximum Gasteiger partial charge on any atom is 0.132 e. The highest BCUT2D eigenvalue weighted by molar-refractivity contribution is 5.31. The van der Waals surface area contributed by atoms with Crippen LogP contribution in [0.15, 0.2) is 67.3 Å². The molecule has 0 amide bonds. The van der Waals surface area contributed by atoms with Gasteiger partial charge in [0.25, 0.3) is 0 Å². The largest absolute Gasteiger partial charge is 0.497 e. The van der Waals surface area contributed by atoms with Gasteiger partial charge in [0.05, 0.1) is 26.7 Å². The first-order chi connectivity index (χ1) is 12.7. The van der Waals surface area contributed by atoms with Crippen LogP contribution in [0.25, 0.3) is 0 Å². The molecule has 2 atom stereocenters. The molecule has 5 heteroatoms. The number of methoxy groups -OCH3 is 2. The second-order valence-corrected chi connectivity index (χ2v) is 6.06. The molecule has 0 aliphatic carbocycles. The minimum absolute atomic E-state index is 0.0910. The van der Waals surface area contributed by atoms with Gasteiger partial charge in [-0.3, -0.25) is 0 Å². The van der Waals surface area contributed by atoms with E-state index in [9.17, 15) is 0 Å². The highest BCUT2D eigenvalue weighted by atomic mass is 16.5. The van der Waals surface area contributed by atoms with Crippen LogP contribution in [0.3, 0.4) is 0 Å². The van der Waals surface area contributed by atoms with Crippen LogP contribution < -0.4 is 9.47 Å². The Morgan fingerprint density at radius 2 is 1.54 bits per heavy atom. The van der Waals surface area contributed by atoms with Gasteiger partial charge in [-0.25, -0.2) is 4.98 Å². The third kappa shape index (κ3) is 4.43. The number of nitrogens with zero attached hydrogens (tertiary/aromatic N) is 2. The first-order valence-electron chi connectivity index (χ1n) is 8.59. The van der Waals surface area contributed by atoms with Crippen molar-refractivity contribution in [3.05, 3.63) is 78.4 Å². The van der Waals surface area contributed by atoms with Crippen molar-refractivity contribution >= 4 is 0 Å². The summed E-state index contributed by atoms with van der Waals surface area (Å²) in [5, 5.41) is 0. The van der Waals surface area contributed by atoms with Crippen LogP contribution in [0.2, 0.25) is 0 Å². The molecule has 26 heavy (non-hydrogen) atoms. The highest BCUT2D eigenvalue weighted by Gasteiger charge is 2.17. The SMILES string of the molecule is COc1ccc(C[C@@H](O[C@H](C)n2ccnc2)c2ccc(OC)cc2)cc1. The molecule has 0 saturated heterocycles. The fourth-order valence-corrected chi connectivity index (χ4v) is 2.83. The van der Waals surface area contributed by atoms with Gasteiger partial charge in [-0.15, -0.1) is 0 Å². The molecule has 3 rings (SSSR count). The molecular formula is C21H24N2O3. The molecule has 0 fully saturated rings. The molecule has 0 radical (unpaired) electrons. The summed E-state index contributed by atoms with van der Waals surface area (Å²) >= 11 is 0. The van der Waals surface area contributed by atoms with E-state index in [-0.39, 0.29) is 12.3 Å². The Bertz CT molecular complexity index is 783. The lowest BCUT2D eigenvalue weighted by molar-refractivity contribution is -0.0445. The molecule has 1 heterocycles. The summed E-state index contributed by atoms with van der Waals surface area (Å²) in [4.78, 5) is 4.10. The third-order valence-corrected chi connectivity index (χ3v) is 4.37. The van der Waals surface area contributed by atoms with E-state index in [2.05, 4.69) is 17.1 Å². The van der Waals surface area contributed by atoms with Crippen LogP contribution in [0.4, 0.5) is 0 Å². The Labute approximate surface area is 154 Å². The van der Waals surface area contributed by atoms with Crippen molar-refractivity contribution in [1.29, 1.82) is 0 Å². The molecular weight excluding hydrogens is 328 g/mol. The standard InChI is InChI=1S/C21H24N2O3/c1-16(23-13-12-22-15-23)26-21(18-6-10-20(25-3)11-7-18)14-17-4-8-19(24-2)9-5-17/h4-13,15-16,21H,14H2,1-3H3/t16-,21-/m1/s1. The topological polar surface area (TPSA) is 45.5 Å². The lowest BCUT2D eigenvalue weighted by Gasteiger charge is -2.24. The normalized spacial score (nSPS) is 13.2. The quantitative estimate of drug-likeness (QED) is 0.602. The average Bonchev–Trinajstić information content (AvgIpc) is 3.23. The predicted octanol–water partition coefficient (Wildman–Crippen LogP) is 4.42. The molecule has 3 aromatic rings. The monoisotopic (exact) mass is 352 g/mol. The summed E-state index contributed by atoms with van der Waals surface area (Å²) in [6, 6.07) is 16.1. The third-order valence-electron chi connectivity index (χ3n) is 4.37. The summed E-state index contributed by atoms with van der Waals surface area (Å²) in [7, 11) is 3.34. The number of hydrogen-bond donors (Lipinski definition) is 0. The zero-order valence-corrected chi connectivity index (χ0v) is 15.3. The molecule has 0 N–H and O–H groups in total. The molecule has 0 bridgehead atoms. The minimum atomic E-state index is -0.122. The van der Waals surface area contributed by atoms with Crippen LogP contribution >= 0.6 is 0 Å². The summed E-state index contributed by atoms with van der Waals surface area (Å²) in [5.74, 6) is 1.68. The first-order valence-corrected chi connectivity index (χ1v) is 8.59. The van der Waals surface area contributed by atoms with Crippen LogP contribution in [0.1, 0.15) is 30.4 Å². The van der Waals surface area contributed by atoms with Crippen molar-refractivity contribution in [3.63, 3.8) is 0 Å². The van der Waals surface area contributed by atoms with Gasteiger partial charge < -0.3 is 18.8 Å². The lowest BCUT2D eigenvalue weighted by Crippen LogP contribution is -2.15. The number of imidazole rings is 1. The maximum absolute atomic E-state index is 6.37. The van der Waals surface area contributed by atoms with E-state index in [1.165, 1.54) is 5.56 Å². The molecule has 2 aromatic carbocycles. The molecule has 0 aliphatic rings. The molecule has 0 spiro atoms. The van der Waals surface area contributed by atoms with E-state index in [1.54, 1.807) is 26.7 Å². The first kappa shape index (κ1) is 18.0. The maximum atomic E-state index is 6.37. The van der Waals surface area contributed by atoms with E-state index in [1.807, 2.05) is 54.1 Å². The fraction of sp³-hybridized carbons (Fsp3) is 0.286. The summed E-state index contributed by atoms with van der Waals surface area (Å²) in [6.07, 6.45) is 5.97. The predicted molar refractivity (Wildman–Crippen MR) is 100 cm³/mol. The Balaban J connectivity index is 1.81. The van der Waals surface area contributed by atoms with Gasteiger partial charge >= 0.3 is 0 Å². The van der Waals surface area contributed by atoms with E-state index in [4.69, 9.17) is 14.2 Å². The number of rotatable bonds is 8. The van der Waals surface area contributed by atoms with Crippen molar-refractivity contribution in [3.8, 4) is 11.5 Å². The summed E-state index contributed by atoms with van der Waals surface area (Å²) in [5.41, 5.74) is 2.29. The van der Waals surface area contributed by atoms with Crippen LogP contribution in [0, 0.1) is 0 Å². The van der Waals surface area contributed by atoms with Crippen LogP contribution in [-0.2, 0) is 11.2 Å². The highest BCUT2D eigenvalue weighted by Crippen LogP contribution is 2.29. The average molecular weight is 352 g/mol. The fourth-order valence-electron chi connectivity index (χ4n) is 2.83. The van der Waals surface area contributed by atoms with Crippen molar-refractivity contribution in [2.45, 2.75) is 25.7 Å². The van der Waals surface area contributed by atoms with E-state index in [0.29, 0.717) is 0 Å². The summed E-state index contributed by atoms with van der Waals surface area (Å²) < 4.78 is 18.8. The summed E-state index contributed by atoms with van der Waals surface area (Å²) in [6.45, 7) is 2.02. The van der Waals surface area contributed by atoms with Crippen molar-refractivity contribution in [1.82, 2.24) is 9.55 Å².